The number of hydrogen-bond acceptors (Lipinski definition) is 3. The van der Waals surface area contributed by atoms with Crippen molar-refractivity contribution in [2.45, 2.75) is 51.5 Å². The van der Waals surface area contributed by atoms with Crippen molar-refractivity contribution >= 4 is 34.2 Å². The van der Waals surface area contributed by atoms with Crippen molar-refractivity contribution in [2.75, 3.05) is 23.7 Å². The van der Waals surface area contributed by atoms with Gasteiger partial charge in [-0.3, -0.25) is 14.7 Å². The van der Waals surface area contributed by atoms with Crippen molar-refractivity contribution in [2.24, 2.45) is 0 Å². The lowest BCUT2D eigenvalue weighted by Crippen LogP contribution is -2.39. The first-order chi connectivity index (χ1) is 14.3. The molecule has 1 saturated heterocycles. The molecular weight excluding hydrogens is 418 g/mol. The molecule has 0 N–H and O–H groups in total. The summed E-state index contributed by atoms with van der Waals surface area (Å²) in [7, 11) is -0.870. The monoisotopic (exact) mass is 445 g/mol. The lowest BCUT2D eigenvalue weighted by atomic mass is 9.90. The maximum absolute atomic E-state index is 13.2. The number of amides is 1. The summed E-state index contributed by atoms with van der Waals surface area (Å²) in [6, 6.07) is 7.57. The third kappa shape index (κ3) is 3.81. The molecule has 1 unspecified atom stereocenters. The highest BCUT2D eigenvalue weighted by Gasteiger charge is 2.44. The topological polar surface area (TPSA) is 53.5 Å². The Morgan fingerprint density at radius 1 is 1.20 bits per heavy atom. The van der Waals surface area contributed by atoms with Gasteiger partial charge in [0.2, 0.25) is 0 Å². The summed E-state index contributed by atoms with van der Waals surface area (Å²) in [4.78, 5) is 19.5. The second-order valence-electron chi connectivity index (χ2n) is 8.59. The smallest absolute Gasteiger partial charge is 0.259 e. The van der Waals surface area contributed by atoms with Gasteiger partial charge in [-0.2, -0.15) is 0 Å². The number of carbonyl (C=O) groups is 1. The van der Waals surface area contributed by atoms with Gasteiger partial charge in [-0.15, -0.1) is 0 Å². The van der Waals surface area contributed by atoms with E-state index in [0.717, 1.165) is 54.9 Å². The molecule has 2 aliphatic rings. The minimum atomic E-state index is -0.870. The summed E-state index contributed by atoms with van der Waals surface area (Å²) < 4.78 is 14.4. The number of carbonyl (C=O) groups excluding carboxylic acids is 1. The number of piperidine rings is 1. The van der Waals surface area contributed by atoms with Gasteiger partial charge in [0.15, 0.2) is 0 Å². The van der Waals surface area contributed by atoms with E-state index >= 15 is 0 Å². The van der Waals surface area contributed by atoms with E-state index in [1.807, 2.05) is 37.1 Å². The normalized spacial score (nSPS) is 20.4. The molecular formula is C23H28ClN3O2S. The lowest BCUT2D eigenvalue weighted by molar-refractivity contribution is 0.0982. The molecule has 3 heterocycles. The van der Waals surface area contributed by atoms with Gasteiger partial charge in [0.25, 0.3) is 5.91 Å². The van der Waals surface area contributed by atoms with Gasteiger partial charge in [0.05, 0.1) is 28.4 Å². The summed E-state index contributed by atoms with van der Waals surface area (Å²) in [6.07, 6.45) is 6.51. The Labute approximate surface area is 186 Å². The molecule has 7 heteroatoms. The molecule has 1 aromatic carbocycles. The van der Waals surface area contributed by atoms with E-state index in [1.165, 1.54) is 0 Å². The van der Waals surface area contributed by atoms with Crippen molar-refractivity contribution in [3.63, 3.8) is 0 Å². The molecule has 4 rings (SSSR count). The fraction of sp³-hybridized carbons (Fsp3) is 0.478. The number of aromatic nitrogens is 1. The fourth-order valence-corrected chi connectivity index (χ4v) is 6.03. The number of hydrogen-bond donors (Lipinski definition) is 0. The Hall–Kier alpha value is -1.76. The van der Waals surface area contributed by atoms with Crippen LogP contribution < -0.4 is 4.90 Å². The first-order valence-electron chi connectivity index (χ1n) is 10.6. The van der Waals surface area contributed by atoms with Crippen LogP contribution in [-0.4, -0.2) is 38.2 Å². The van der Waals surface area contributed by atoms with Gasteiger partial charge in [-0.1, -0.05) is 18.5 Å². The number of fused-ring (bicyclic) bond motifs is 1. The SMILES string of the molecule is CCCS(=O)N1CCC(c2cncc(N3C(=O)c4ccc(Cl)cc4C3(C)C)c2)CC1. The summed E-state index contributed by atoms with van der Waals surface area (Å²) in [6.45, 7) is 7.82. The highest BCUT2D eigenvalue weighted by Crippen LogP contribution is 2.43. The van der Waals surface area contributed by atoms with Gasteiger partial charge >= 0.3 is 0 Å². The van der Waals surface area contributed by atoms with E-state index in [1.54, 1.807) is 12.3 Å². The Morgan fingerprint density at radius 3 is 2.63 bits per heavy atom. The maximum Gasteiger partial charge on any atom is 0.259 e. The van der Waals surface area contributed by atoms with Crippen LogP contribution in [0.3, 0.4) is 0 Å². The fourth-order valence-electron chi connectivity index (χ4n) is 4.63. The number of anilines is 1. The molecule has 1 fully saturated rings. The summed E-state index contributed by atoms with van der Waals surface area (Å²) in [5.74, 6) is 1.08. The Balaban J connectivity index is 1.56. The Morgan fingerprint density at radius 2 is 1.93 bits per heavy atom. The molecule has 0 saturated carbocycles. The van der Waals surface area contributed by atoms with Gasteiger partial charge < -0.3 is 0 Å². The summed E-state index contributed by atoms with van der Waals surface area (Å²) in [5.41, 5.74) is 3.09. The second-order valence-corrected chi connectivity index (χ2v) is 10.6. The third-order valence-electron chi connectivity index (χ3n) is 6.23. The van der Waals surface area contributed by atoms with Crippen molar-refractivity contribution in [3.8, 4) is 0 Å². The molecule has 0 bridgehead atoms. The molecule has 1 aromatic heterocycles. The van der Waals surface area contributed by atoms with E-state index in [-0.39, 0.29) is 5.91 Å². The van der Waals surface area contributed by atoms with Crippen LogP contribution in [0.2, 0.25) is 5.02 Å². The minimum absolute atomic E-state index is 0.0181. The molecule has 0 aliphatic carbocycles. The van der Waals surface area contributed by atoms with Gasteiger partial charge in [0.1, 0.15) is 0 Å². The van der Waals surface area contributed by atoms with Crippen LogP contribution in [0.4, 0.5) is 5.69 Å². The molecule has 2 aromatic rings. The van der Waals surface area contributed by atoms with E-state index in [0.29, 0.717) is 16.5 Å². The van der Waals surface area contributed by atoms with Crippen molar-refractivity contribution in [1.82, 2.24) is 9.29 Å². The molecule has 0 spiro atoms. The van der Waals surface area contributed by atoms with Crippen LogP contribution in [-0.2, 0) is 16.5 Å². The molecule has 2 aliphatic heterocycles. The van der Waals surface area contributed by atoms with Crippen LogP contribution in [0.1, 0.15) is 67.4 Å². The molecule has 1 atom stereocenters. The highest BCUT2D eigenvalue weighted by molar-refractivity contribution is 7.82. The van der Waals surface area contributed by atoms with Crippen LogP contribution in [0, 0.1) is 0 Å². The zero-order chi connectivity index (χ0) is 21.5. The average molecular weight is 446 g/mol. The predicted octanol–water partition coefficient (Wildman–Crippen LogP) is 4.88. The van der Waals surface area contributed by atoms with Crippen molar-refractivity contribution < 1.29 is 9.00 Å². The van der Waals surface area contributed by atoms with Crippen LogP contribution in [0.15, 0.2) is 36.7 Å². The van der Waals surface area contributed by atoms with Crippen LogP contribution >= 0.6 is 11.6 Å². The lowest BCUT2D eigenvalue weighted by Gasteiger charge is -2.34. The summed E-state index contributed by atoms with van der Waals surface area (Å²) >= 11 is 6.20. The largest absolute Gasteiger partial charge is 0.297 e. The maximum atomic E-state index is 13.2. The molecule has 30 heavy (non-hydrogen) atoms. The van der Waals surface area contributed by atoms with E-state index < -0.39 is 16.5 Å². The van der Waals surface area contributed by atoms with E-state index in [4.69, 9.17) is 11.6 Å². The third-order valence-corrected chi connectivity index (χ3v) is 8.16. The number of halogens is 1. The molecule has 0 radical (unpaired) electrons. The first-order valence-corrected chi connectivity index (χ1v) is 12.2. The quantitative estimate of drug-likeness (QED) is 0.658. The van der Waals surface area contributed by atoms with E-state index in [9.17, 15) is 9.00 Å². The molecule has 160 valence electrons. The van der Waals surface area contributed by atoms with Crippen LogP contribution in [0.25, 0.3) is 0 Å². The number of rotatable bonds is 5. The Kier molecular flexibility index (Phi) is 6.02. The summed E-state index contributed by atoms with van der Waals surface area (Å²) in [5, 5.41) is 0.635. The van der Waals surface area contributed by atoms with E-state index in [2.05, 4.69) is 22.3 Å². The van der Waals surface area contributed by atoms with Gasteiger partial charge in [-0.25, -0.2) is 8.51 Å². The second kappa shape index (κ2) is 8.40. The standard InChI is InChI=1S/C23H28ClN3O2S/c1-4-11-30(29)26-9-7-16(8-10-26)17-12-19(15-25-14-17)27-22(28)20-6-5-18(24)13-21(20)23(27,2)3/h5-6,12-16H,4,7-11H2,1-3H3. The zero-order valence-corrected chi connectivity index (χ0v) is 19.3. The number of pyridine rings is 1. The molecule has 5 nitrogen and oxygen atoms in total. The number of benzene rings is 1. The van der Waals surface area contributed by atoms with Gasteiger partial charge in [0, 0.05) is 35.6 Å². The van der Waals surface area contributed by atoms with Crippen molar-refractivity contribution in [1.29, 1.82) is 0 Å². The Bertz CT molecular complexity index is 986. The average Bonchev–Trinajstić information content (AvgIpc) is 2.93. The highest BCUT2D eigenvalue weighted by atomic mass is 35.5. The van der Waals surface area contributed by atoms with Crippen molar-refractivity contribution in [3.05, 3.63) is 58.4 Å². The first kappa shape index (κ1) is 21.5. The zero-order valence-electron chi connectivity index (χ0n) is 17.7. The van der Waals surface area contributed by atoms with Gasteiger partial charge in [-0.05, 0) is 74.4 Å². The molecule has 1 amide bonds. The predicted molar refractivity (Wildman–Crippen MR) is 122 cm³/mol. The van der Waals surface area contributed by atoms with Crippen LogP contribution in [0.5, 0.6) is 0 Å². The minimum Gasteiger partial charge on any atom is -0.297 e. The number of nitrogens with zero attached hydrogens (tertiary/aromatic N) is 3.